The first-order chi connectivity index (χ1) is 10.4. The lowest BCUT2D eigenvalue weighted by atomic mass is 10.2. The quantitative estimate of drug-likeness (QED) is 0.791. The molecule has 7 nitrogen and oxygen atoms in total. The monoisotopic (exact) mass is 337 g/mol. The van der Waals surface area contributed by atoms with Gasteiger partial charge in [-0.2, -0.15) is 13.4 Å². The van der Waals surface area contributed by atoms with Crippen LogP contribution in [-0.2, 0) is 10.0 Å². The number of aryl methyl sites for hydroxylation is 2. The lowest BCUT2D eigenvalue weighted by Gasteiger charge is -2.09. The molecule has 0 aliphatic heterocycles. The smallest absolute Gasteiger partial charge is 0.275 e. The molecule has 0 aliphatic rings. The van der Waals surface area contributed by atoms with Crippen molar-refractivity contribution in [3.8, 4) is 0 Å². The van der Waals surface area contributed by atoms with Crippen molar-refractivity contribution in [1.29, 1.82) is 0 Å². The van der Waals surface area contributed by atoms with Crippen molar-refractivity contribution in [2.24, 2.45) is 0 Å². The molecule has 0 unspecified atom stereocenters. The van der Waals surface area contributed by atoms with Crippen LogP contribution in [0.2, 0.25) is 5.02 Å². The Hall–Kier alpha value is -2.19. The van der Waals surface area contributed by atoms with Gasteiger partial charge in [0, 0.05) is 11.9 Å². The van der Waals surface area contributed by atoms with Gasteiger partial charge in [0.25, 0.3) is 21.0 Å². The van der Waals surface area contributed by atoms with E-state index in [-0.39, 0.29) is 10.9 Å². The molecule has 1 N–H and O–H groups in total. The Labute approximate surface area is 132 Å². The summed E-state index contributed by atoms with van der Waals surface area (Å²) < 4.78 is 28.6. The Morgan fingerprint density at radius 3 is 2.68 bits per heavy atom. The van der Waals surface area contributed by atoms with Crippen LogP contribution in [0.3, 0.4) is 0 Å². The number of anilines is 1. The first-order valence-corrected chi connectivity index (χ1v) is 8.21. The van der Waals surface area contributed by atoms with Gasteiger partial charge in [-0.3, -0.25) is 4.72 Å². The van der Waals surface area contributed by atoms with Crippen LogP contribution in [0.25, 0.3) is 5.78 Å². The highest BCUT2D eigenvalue weighted by atomic mass is 35.5. The fourth-order valence-electron chi connectivity index (χ4n) is 1.90. The molecule has 3 aromatic rings. The maximum Gasteiger partial charge on any atom is 0.299 e. The summed E-state index contributed by atoms with van der Waals surface area (Å²) in [6, 6.07) is 6.81. The molecule has 0 aliphatic carbocycles. The number of para-hydroxylation sites is 1. The average molecular weight is 338 g/mol. The van der Waals surface area contributed by atoms with E-state index in [1.54, 1.807) is 44.3 Å². The highest BCUT2D eigenvalue weighted by molar-refractivity contribution is 7.92. The van der Waals surface area contributed by atoms with Gasteiger partial charge in [0.1, 0.15) is 0 Å². The van der Waals surface area contributed by atoms with E-state index in [4.69, 9.17) is 11.6 Å². The standard InChI is InChI=1S/C13H12ClN5O2S/c1-8-4-3-5-10(14)11(8)18-22(20,21)13-16-12-15-9(2)6-7-19(12)17-13/h3-7,18H,1-2H3. The number of hydrogen-bond acceptors (Lipinski definition) is 5. The first kappa shape index (κ1) is 14.7. The Morgan fingerprint density at radius 2 is 1.95 bits per heavy atom. The zero-order valence-corrected chi connectivity index (χ0v) is 13.4. The molecule has 0 radical (unpaired) electrons. The molecule has 0 atom stereocenters. The lowest BCUT2D eigenvalue weighted by molar-refractivity contribution is 0.592. The van der Waals surface area contributed by atoms with Crippen LogP contribution >= 0.6 is 11.6 Å². The molecule has 2 aromatic heterocycles. The number of sulfonamides is 1. The molecule has 0 saturated carbocycles. The largest absolute Gasteiger partial charge is 0.299 e. The number of aromatic nitrogens is 4. The van der Waals surface area contributed by atoms with E-state index in [1.807, 2.05) is 0 Å². The third-order valence-corrected chi connectivity index (χ3v) is 4.47. The Bertz CT molecular complexity index is 947. The number of halogens is 1. The molecule has 9 heteroatoms. The number of benzene rings is 1. The summed E-state index contributed by atoms with van der Waals surface area (Å²) in [7, 11) is -3.95. The Kier molecular flexibility index (Phi) is 3.50. The Morgan fingerprint density at radius 1 is 1.18 bits per heavy atom. The van der Waals surface area contributed by atoms with E-state index < -0.39 is 10.0 Å². The minimum atomic E-state index is -3.95. The predicted octanol–water partition coefficient (Wildman–Crippen LogP) is 2.20. The van der Waals surface area contributed by atoms with E-state index >= 15 is 0 Å². The molecule has 22 heavy (non-hydrogen) atoms. The first-order valence-electron chi connectivity index (χ1n) is 6.35. The van der Waals surface area contributed by atoms with Crippen molar-refractivity contribution in [2.45, 2.75) is 19.0 Å². The molecule has 0 saturated heterocycles. The summed E-state index contributed by atoms with van der Waals surface area (Å²) in [6.07, 6.45) is 1.60. The van der Waals surface area contributed by atoms with Gasteiger partial charge in [0.2, 0.25) is 0 Å². The number of rotatable bonds is 3. The van der Waals surface area contributed by atoms with Crippen molar-refractivity contribution < 1.29 is 8.42 Å². The lowest BCUT2D eigenvalue weighted by Crippen LogP contribution is -2.15. The van der Waals surface area contributed by atoms with Crippen LogP contribution in [0.5, 0.6) is 0 Å². The second-order valence-corrected chi connectivity index (χ2v) is 6.73. The van der Waals surface area contributed by atoms with Crippen molar-refractivity contribution in [3.05, 3.63) is 46.7 Å². The number of hydrogen-bond donors (Lipinski definition) is 1. The van der Waals surface area contributed by atoms with Crippen molar-refractivity contribution in [2.75, 3.05) is 4.72 Å². The summed E-state index contributed by atoms with van der Waals surface area (Å²) >= 11 is 6.04. The second-order valence-electron chi connectivity index (χ2n) is 4.75. The van der Waals surface area contributed by atoms with Crippen molar-refractivity contribution in [1.82, 2.24) is 19.6 Å². The van der Waals surface area contributed by atoms with E-state index in [1.165, 1.54) is 4.52 Å². The average Bonchev–Trinajstić information content (AvgIpc) is 2.87. The number of nitrogens with zero attached hydrogens (tertiary/aromatic N) is 4. The van der Waals surface area contributed by atoms with Crippen LogP contribution in [-0.4, -0.2) is 28.0 Å². The highest BCUT2D eigenvalue weighted by Gasteiger charge is 2.22. The zero-order valence-electron chi connectivity index (χ0n) is 11.8. The minimum absolute atomic E-state index is 0.219. The second kappa shape index (κ2) is 5.22. The molecule has 0 amide bonds. The Balaban J connectivity index is 2.05. The van der Waals surface area contributed by atoms with Gasteiger partial charge in [-0.1, -0.05) is 23.7 Å². The summed E-state index contributed by atoms with van der Waals surface area (Å²) in [5, 5.41) is 3.88. The van der Waals surface area contributed by atoms with Crippen molar-refractivity contribution >= 4 is 33.1 Å². The third kappa shape index (κ3) is 2.62. The van der Waals surface area contributed by atoms with Crippen LogP contribution < -0.4 is 4.72 Å². The molecule has 0 bridgehead atoms. The van der Waals surface area contributed by atoms with Gasteiger partial charge in [-0.25, -0.2) is 9.50 Å². The van der Waals surface area contributed by atoms with Crippen LogP contribution in [0.15, 0.2) is 35.6 Å². The molecule has 1 aromatic carbocycles. The summed E-state index contributed by atoms with van der Waals surface area (Å²) in [4.78, 5) is 8.07. The van der Waals surface area contributed by atoms with Gasteiger partial charge in [0.05, 0.1) is 10.7 Å². The topological polar surface area (TPSA) is 89.3 Å². The zero-order chi connectivity index (χ0) is 15.9. The maximum atomic E-state index is 12.4. The summed E-state index contributed by atoms with van der Waals surface area (Å²) in [5.41, 5.74) is 1.74. The van der Waals surface area contributed by atoms with E-state index in [9.17, 15) is 8.42 Å². The van der Waals surface area contributed by atoms with Crippen LogP contribution in [0.1, 0.15) is 11.3 Å². The van der Waals surface area contributed by atoms with Gasteiger partial charge < -0.3 is 0 Å². The van der Waals surface area contributed by atoms with Crippen LogP contribution in [0.4, 0.5) is 5.69 Å². The fraction of sp³-hybridized carbons (Fsp3) is 0.154. The summed E-state index contributed by atoms with van der Waals surface area (Å²) in [6.45, 7) is 3.54. The fourth-order valence-corrected chi connectivity index (χ4v) is 3.25. The van der Waals surface area contributed by atoms with E-state index in [0.717, 1.165) is 5.69 Å². The summed E-state index contributed by atoms with van der Waals surface area (Å²) in [5.74, 6) is 0.219. The van der Waals surface area contributed by atoms with Crippen molar-refractivity contribution in [3.63, 3.8) is 0 Å². The minimum Gasteiger partial charge on any atom is -0.275 e. The van der Waals surface area contributed by atoms with E-state index in [0.29, 0.717) is 16.3 Å². The SMILES string of the molecule is Cc1ccn2nc(S(=O)(=O)Nc3c(C)cccc3Cl)nc2n1. The third-order valence-electron chi connectivity index (χ3n) is 3.03. The highest BCUT2D eigenvalue weighted by Crippen LogP contribution is 2.27. The number of nitrogens with one attached hydrogen (secondary N) is 1. The van der Waals surface area contributed by atoms with E-state index in [2.05, 4.69) is 19.8 Å². The molecule has 3 rings (SSSR count). The molecule has 0 spiro atoms. The molecular weight excluding hydrogens is 326 g/mol. The molecule has 114 valence electrons. The predicted molar refractivity (Wildman–Crippen MR) is 82.5 cm³/mol. The van der Waals surface area contributed by atoms with Gasteiger partial charge in [0.15, 0.2) is 0 Å². The molecular formula is C13H12ClN5O2S. The molecule has 0 fully saturated rings. The van der Waals surface area contributed by atoms with Gasteiger partial charge in [-0.15, -0.1) is 5.10 Å². The van der Waals surface area contributed by atoms with Gasteiger partial charge >= 0.3 is 0 Å². The number of fused-ring (bicyclic) bond motifs is 1. The normalized spacial score (nSPS) is 11.8. The maximum absolute atomic E-state index is 12.4. The van der Waals surface area contributed by atoms with Crippen LogP contribution in [0, 0.1) is 13.8 Å². The van der Waals surface area contributed by atoms with Gasteiger partial charge in [-0.05, 0) is 31.5 Å². The molecule has 2 heterocycles.